The number of amides is 1. The molecule has 0 aromatic heterocycles. The van der Waals surface area contributed by atoms with Gasteiger partial charge in [-0.2, -0.15) is 5.26 Å². The average molecular weight is 286 g/mol. The lowest BCUT2D eigenvalue weighted by Gasteiger charge is -2.09. The summed E-state index contributed by atoms with van der Waals surface area (Å²) in [4.78, 5) is 11.8. The standard InChI is InChI=1S/C15H12ClN3O/c16-13-8-11(9-17)6-7-14(13)19-15(20)10-18-12-4-2-1-3-5-12/h1-8,18H,10H2,(H,19,20). The van der Waals surface area contributed by atoms with Crippen LogP contribution in [0.4, 0.5) is 11.4 Å². The highest BCUT2D eigenvalue weighted by Crippen LogP contribution is 2.22. The van der Waals surface area contributed by atoms with E-state index >= 15 is 0 Å². The van der Waals surface area contributed by atoms with Gasteiger partial charge in [0.1, 0.15) is 0 Å². The van der Waals surface area contributed by atoms with Gasteiger partial charge in [0.2, 0.25) is 5.91 Å². The van der Waals surface area contributed by atoms with Crippen LogP contribution in [0, 0.1) is 11.3 Å². The molecule has 0 bridgehead atoms. The third-order valence-electron chi connectivity index (χ3n) is 2.60. The highest BCUT2D eigenvalue weighted by Gasteiger charge is 2.06. The molecule has 2 aromatic carbocycles. The number of anilines is 2. The molecular weight excluding hydrogens is 274 g/mol. The smallest absolute Gasteiger partial charge is 0.243 e. The number of benzene rings is 2. The molecule has 0 saturated heterocycles. The molecular formula is C15H12ClN3O. The molecule has 0 aliphatic carbocycles. The number of nitriles is 1. The number of rotatable bonds is 4. The van der Waals surface area contributed by atoms with Crippen LogP contribution in [0.3, 0.4) is 0 Å². The number of nitrogens with zero attached hydrogens (tertiary/aromatic N) is 1. The van der Waals surface area contributed by atoms with Gasteiger partial charge in [-0.3, -0.25) is 4.79 Å². The molecule has 2 aromatic rings. The van der Waals surface area contributed by atoms with Gasteiger partial charge in [0.05, 0.1) is 28.9 Å². The number of para-hydroxylation sites is 1. The number of hydrogen-bond donors (Lipinski definition) is 2. The van der Waals surface area contributed by atoms with Crippen LogP contribution < -0.4 is 10.6 Å². The van der Waals surface area contributed by atoms with Crippen LogP contribution in [-0.4, -0.2) is 12.5 Å². The van der Waals surface area contributed by atoms with Crippen molar-refractivity contribution in [2.45, 2.75) is 0 Å². The molecule has 0 saturated carbocycles. The Morgan fingerprint density at radius 1 is 1.20 bits per heavy atom. The largest absolute Gasteiger partial charge is 0.376 e. The number of hydrogen-bond acceptors (Lipinski definition) is 3. The molecule has 4 nitrogen and oxygen atoms in total. The summed E-state index contributed by atoms with van der Waals surface area (Å²) in [6, 6.07) is 16.1. The van der Waals surface area contributed by atoms with E-state index in [-0.39, 0.29) is 12.5 Å². The first kappa shape index (κ1) is 13.9. The second-order valence-corrected chi connectivity index (χ2v) is 4.48. The fourth-order valence-corrected chi connectivity index (χ4v) is 1.85. The minimum absolute atomic E-state index is 0.139. The first-order valence-corrected chi connectivity index (χ1v) is 6.35. The van der Waals surface area contributed by atoms with E-state index in [0.717, 1.165) is 5.69 Å². The first-order chi connectivity index (χ1) is 9.69. The van der Waals surface area contributed by atoms with Crippen molar-refractivity contribution >= 4 is 28.9 Å². The van der Waals surface area contributed by atoms with Crippen molar-refractivity contribution in [3.8, 4) is 6.07 Å². The summed E-state index contributed by atoms with van der Waals surface area (Å²) in [7, 11) is 0. The Bertz CT molecular complexity index is 650. The topological polar surface area (TPSA) is 64.9 Å². The molecule has 0 spiro atoms. The Kier molecular flexibility index (Phi) is 4.59. The summed E-state index contributed by atoms with van der Waals surface area (Å²) in [5, 5.41) is 14.8. The average Bonchev–Trinajstić information content (AvgIpc) is 2.48. The van der Waals surface area contributed by atoms with Crippen LogP contribution in [0.5, 0.6) is 0 Å². The van der Waals surface area contributed by atoms with E-state index < -0.39 is 0 Å². The Morgan fingerprint density at radius 3 is 2.60 bits per heavy atom. The summed E-state index contributed by atoms with van der Waals surface area (Å²) in [6.45, 7) is 0.139. The van der Waals surface area contributed by atoms with Crippen LogP contribution in [0.1, 0.15) is 5.56 Å². The third-order valence-corrected chi connectivity index (χ3v) is 2.91. The fourth-order valence-electron chi connectivity index (χ4n) is 1.62. The van der Waals surface area contributed by atoms with Crippen LogP contribution in [0.15, 0.2) is 48.5 Å². The van der Waals surface area contributed by atoms with E-state index in [4.69, 9.17) is 16.9 Å². The van der Waals surface area contributed by atoms with Crippen molar-refractivity contribution in [3.05, 3.63) is 59.1 Å². The van der Waals surface area contributed by atoms with E-state index in [0.29, 0.717) is 16.3 Å². The van der Waals surface area contributed by atoms with Crippen LogP contribution in [0.25, 0.3) is 0 Å². The van der Waals surface area contributed by atoms with Crippen molar-refractivity contribution in [1.82, 2.24) is 0 Å². The minimum atomic E-state index is -0.208. The van der Waals surface area contributed by atoms with Gasteiger partial charge in [-0.1, -0.05) is 29.8 Å². The van der Waals surface area contributed by atoms with Crippen molar-refractivity contribution in [2.24, 2.45) is 0 Å². The van der Waals surface area contributed by atoms with Gasteiger partial charge < -0.3 is 10.6 Å². The van der Waals surface area contributed by atoms with Gasteiger partial charge >= 0.3 is 0 Å². The summed E-state index contributed by atoms with van der Waals surface area (Å²) < 4.78 is 0. The Hall–Kier alpha value is -2.51. The zero-order valence-electron chi connectivity index (χ0n) is 10.6. The normalized spacial score (nSPS) is 9.60. The molecule has 2 rings (SSSR count). The zero-order valence-corrected chi connectivity index (χ0v) is 11.3. The van der Waals surface area contributed by atoms with Crippen molar-refractivity contribution < 1.29 is 4.79 Å². The molecule has 0 aliphatic rings. The predicted molar refractivity (Wildman–Crippen MR) is 79.7 cm³/mol. The number of carbonyl (C=O) groups is 1. The number of halogens is 1. The van der Waals surface area contributed by atoms with E-state index in [2.05, 4.69) is 10.6 Å². The highest BCUT2D eigenvalue weighted by atomic mass is 35.5. The molecule has 5 heteroatoms. The first-order valence-electron chi connectivity index (χ1n) is 5.97. The van der Waals surface area contributed by atoms with E-state index in [1.165, 1.54) is 6.07 Å². The highest BCUT2D eigenvalue weighted by molar-refractivity contribution is 6.33. The second-order valence-electron chi connectivity index (χ2n) is 4.07. The van der Waals surface area contributed by atoms with E-state index in [1.54, 1.807) is 12.1 Å². The second kappa shape index (κ2) is 6.60. The Labute approximate surface area is 122 Å². The Morgan fingerprint density at radius 2 is 1.95 bits per heavy atom. The zero-order chi connectivity index (χ0) is 14.4. The molecule has 100 valence electrons. The lowest BCUT2D eigenvalue weighted by atomic mass is 10.2. The van der Waals surface area contributed by atoms with Crippen LogP contribution >= 0.6 is 11.6 Å². The monoisotopic (exact) mass is 285 g/mol. The van der Waals surface area contributed by atoms with Gasteiger partial charge in [-0.05, 0) is 30.3 Å². The molecule has 0 unspecified atom stereocenters. The van der Waals surface area contributed by atoms with E-state index in [1.807, 2.05) is 36.4 Å². The summed E-state index contributed by atoms with van der Waals surface area (Å²) in [6.07, 6.45) is 0. The maximum atomic E-state index is 11.8. The molecule has 0 radical (unpaired) electrons. The van der Waals surface area contributed by atoms with Crippen molar-refractivity contribution in [1.29, 1.82) is 5.26 Å². The molecule has 1 amide bonds. The molecule has 0 atom stereocenters. The van der Waals surface area contributed by atoms with Crippen LogP contribution in [-0.2, 0) is 4.79 Å². The minimum Gasteiger partial charge on any atom is -0.376 e. The SMILES string of the molecule is N#Cc1ccc(NC(=O)CNc2ccccc2)c(Cl)c1. The molecule has 0 fully saturated rings. The lowest BCUT2D eigenvalue weighted by Crippen LogP contribution is -2.21. The van der Waals surface area contributed by atoms with Crippen molar-refractivity contribution in [2.75, 3.05) is 17.2 Å². The van der Waals surface area contributed by atoms with Gasteiger partial charge in [-0.25, -0.2) is 0 Å². The molecule has 2 N–H and O–H groups in total. The number of carbonyl (C=O) groups excluding carboxylic acids is 1. The predicted octanol–water partition coefficient (Wildman–Crippen LogP) is 3.26. The van der Waals surface area contributed by atoms with Crippen LogP contribution in [0.2, 0.25) is 5.02 Å². The quantitative estimate of drug-likeness (QED) is 0.906. The van der Waals surface area contributed by atoms with E-state index in [9.17, 15) is 4.79 Å². The molecule has 20 heavy (non-hydrogen) atoms. The summed E-state index contributed by atoms with van der Waals surface area (Å²) >= 11 is 5.98. The van der Waals surface area contributed by atoms with Gasteiger partial charge in [0, 0.05) is 5.69 Å². The van der Waals surface area contributed by atoms with Gasteiger partial charge in [0.15, 0.2) is 0 Å². The van der Waals surface area contributed by atoms with Gasteiger partial charge in [-0.15, -0.1) is 0 Å². The van der Waals surface area contributed by atoms with Gasteiger partial charge in [0.25, 0.3) is 0 Å². The Balaban J connectivity index is 1.93. The summed E-state index contributed by atoms with van der Waals surface area (Å²) in [5.41, 5.74) is 1.81. The molecule has 0 aliphatic heterocycles. The molecule has 0 heterocycles. The fraction of sp³-hybridized carbons (Fsp3) is 0.0667. The maximum absolute atomic E-state index is 11.8. The van der Waals surface area contributed by atoms with Crippen molar-refractivity contribution in [3.63, 3.8) is 0 Å². The summed E-state index contributed by atoms with van der Waals surface area (Å²) in [5.74, 6) is -0.208. The maximum Gasteiger partial charge on any atom is 0.243 e. The third kappa shape index (κ3) is 3.74. The number of nitrogens with one attached hydrogen (secondary N) is 2. The lowest BCUT2D eigenvalue weighted by molar-refractivity contribution is -0.114.